The molecule has 2 saturated carbocycles. The third-order valence-electron chi connectivity index (χ3n) is 13.8. The zero-order valence-electron chi connectivity index (χ0n) is 24.2. The van der Waals surface area contributed by atoms with Crippen molar-refractivity contribution in [2.24, 2.45) is 17.8 Å². The smallest absolute Gasteiger partial charge is 0.180 e. The average molecular weight is 571 g/mol. The summed E-state index contributed by atoms with van der Waals surface area (Å²) < 4.78 is 13.3. The Balaban J connectivity index is 1.13. The summed E-state index contributed by atoms with van der Waals surface area (Å²) in [7, 11) is 4.39. The highest BCUT2D eigenvalue weighted by Gasteiger charge is 2.75. The summed E-state index contributed by atoms with van der Waals surface area (Å²) in [4.78, 5) is 19.8. The Kier molecular flexibility index (Phi) is 4.37. The molecule has 10 rings (SSSR count). The number of hydrogen-bond acceptors (Lipinski definition) is 8. The average Bonchev–Trinajstić information content (AvgIpc) is 3.52. The minimum Gasteiger partial charge on any atom is -0.504 e. The summed E-state index contributed by atoms with van der Waals surface area (Å²) in [5.41, 5.74) is 2.25. The summed E-state index contributed by atoms with van der Waals surface area (Å²) in [5.74, 6) is 0.987. The van der Waals surface area contributed by atoms with Crippen LogP contribution in [0.3, 0.4) is 0 Å². The lowest BCUT2D eigenvalue weighted by molar-refractivity contribution is -0.202. The van der Waals surface area contributed by atoms with Gasteiger partial charge in [-0.05, 0) is 107 Å². The van der Waals surface area contributed by atoms with E-state index in [4.69, 9.17) is 9.47 Å². The zero-order valence-corrected chi connectivity index (χ0v) is 24.2. The lowest BCUT2D eigenvalue weighted by Crippen LogP contribution is -2.74. The van der Waals surface area contributed by atoms with Crippen molar-refractivity contribution in [1.82, 2.24) is 9.80 Å². The van der Waals surface area contributed by atoms with Gasteiger partial charge < -0.3 is 34.6 Å². The maximum atomic E-state index is 14.9. The number of Topliss-reactive ketones (excluding diaryl/α,β-unsaturated/α-hetero) is 1. The van der Waals surface area contributed by atoms with Gasteiger partial charge in [-0.15, -0.1) is 0 Å². The first-order chi connectivity index (χ1) is 20.2. The zero-order chi connectivity index (χ0) is 28.5. The molecule has 4 bridgehead atoms. The standard InChI is InChI=1S/C34H38N2O6/c1-35-12-10-33-18-7-8-34(40,31(33)42-29-24(38)6-4-17(26(29)33)13-21(18)35)20-15-19-22-14-16-3-5-23(37)28-25(16)32(19,9-11-36(22)2)30(41-28)27(20)39/h3-6,18-22,30-31,37-38,40H,7-15H2,1-2H3. The number of carbonyl (C=O) groups is 1. The van der Waals surface area contributed by atoms with Crippen molar-refractivity contribution in [2.45, 2.75) is 85.7 Å². The third kappa shape index (κ3) is 2.44. The fraction of sp³-hybridized carbons (Fsp3) is 0.618. The number of benzene rings is 2. The number of likely N-dealkylation sites (N-methyl/N-ethyl adjacent to an activating group) is 2. The fourth-order valence-electron chi connectivity index (χ4n) is 12.1. The van der Waals surface area contributed by atoms with Crippen molar-refractivity contribution in [1.29, 1.82) is 0 Å². The molecule has 10 unspecified atom stereocenters. The molecule has 0 amide bonds. The number of phenolic OH excluding ortho intramolecular Hbond substituents is 2. The summed E-state index contributed by atoms with van der Waals surface area (Å²) in [5, 5.41) is 35.0. The number of hydrogen-bond donors (Lipinski definition) is 3. The van der Waals surface area contributed by atoms with Crippen LogP contribution in [0.4, 0.5) is 0 Å². The molecule has 42 heavy (non-hydrogen) atoms. The third-order valence-corrected chi connectivity index (χ3v) is 13.8. The normalized spacial score (nSPS) is 45.6. The van der Waals surface area contributed by atoms with Crippen LogP contribution in [0.25, 0.3) is 0 Å². The van der Waals surface area contributed by atoms with Gasteiger partial charge in [0.1, 0.15) is 11.7 Å². The topological polar surface area (TPSA) is 103 Å². The molecule has 10 atom stereocenters. The van der Waals surface area contributed by atoms with Crippen LogP contribution in [0, 0.1) is 17.8 Å². The Morgan fingerprint density at radius 2 is 1.40 bits per heavy atom. The molecule has 8 nitrogen and oxygen atoms in total. The molecule has 2 saturated heterocycles. The SMILES string of the molecule is CN1CCC23c4c5ccc(O)c4OC2C(=O)C(C2(O)CCC4C6Cc7ccc(O)c8c7C4(CCN6C)C2O8)CC3C1C5. The number of aliphatic hydroxyl groups is 1. The number of aromatic hydroxyl groups is 2. The molecule has 4 fully saturated rings. The first kappa shape index (κ1) is 24.6. The molecular weight excluding hydrogens is 532 g/mol. The van der Waals surface area contributed by atoms with Gasteiger partial charge in [0.05, 0.1) is 5.92 Å². The van der Waals surface area contributed by atoms with Crippen LogP contribution in [0.2, 0.25) is 0 Å². The van der Waals surface area contributed by atoms with Gasteiger partial charge in [0.2, 0.25) is 0 Å². The second kappa shape index (κ2) is 7.45. The van der Waals surface area contributed by atoms with Gasteiger partial charge in [0, 0.05) is 34.0 Å². The van der Waals surface area contributed by atoms with Crippen LogP contribution < -0.4 is 9.47 Å². The monoisotopic (exact) mass is 570 g/mol. The summed E-state index contributed by atoms with van der Waals surface area (Å²) >= 11 is 0. The van der Waals surface area contributed by atoms with Crippen LogP contribution in [0.1, 0.15) is 54.4 Å². The van der Waals surface area contributed by atoms with Crippen molar-refractivity contribution >= 4 is 5.78 Å². The molecule has 2 aromatic carbocycles. The van der Waals surface area contributed by atoms with E-state index in [1.54, 1.807) is 12.1 Å². The minimum atomic E-state index is -1.39. The highest BCUT2D eigenvalue weighted by molar-refractivity contribution is 5.92. The van der Waals surface area contributed by atoms with E-state index in [1.165, 1.54) is 11.1 Å². The molecule has 0 radical (unpaired) electrons. The Morgan fingerprint density at radius 3 is 2.10 bits per heavy atom. The van der Waals surface area contributed by atoms with E-state index in [1.807, 2.05) is 12.1 Å². The van der Waals surface area contributed by atoms with Crippen molar-refractivity contribution in [3.05, 3.63) is 46.5 Å². The number of rotatable bonds is 1. The highest BCUT2D eigenvalue weighted by atomic mass is 16.5. The van der Waals surface area contributed by atoms with Gasteiger partial charge >= 0.3 is 0 Å². The summed E-state index contributed by atoms with van der Waals surface area (Å²) in [6.07, 6.45) is 3.98. The Morgan fingerprint density at radius 1 is 0.810 bits per heavy atom. The Hall–Kier alpha value is -2.81. The Labute approximate surface area is 245 Å². The molecule has 8 aliphatic rings. The molecule has 3 N–H and O–H groups in total. The molecule has 8 heteroatoms. The van der Waals surface area contributed by atoms with Crippen LogP contribution in [-0.2, 0) is 28.5 Å². The van der Waals surface area contributed by atoms with Crippen molar-refractivity contribution in [2.75, 3.05) is 27.2 Å². The summed E-state index contributed by atoms with van der Waals surface area (Å²) in [6.45, 7) is 1.77. The molecular formula is C34H38N2O6. The van der Waals surface area contributed by atoms with Gasteiger partial charge in [0.25, 0.3) is 0 Å². The van der Waals surface area contributed by atoms with Gasteiger partial charge in [-0.2, -0.15) is 0 Å². The van der Waals surface area contributed by atoms with Gasteiger partial charge in [-0.3, -0.25) is 4.79 Å². The molecule has 220 valence electrons. The largest absolute Gasteiger partial charge is 0.504 e. The highest BCUT2D eigenvalue weighted by Crippen LogP contribution is 2.69. The molecule has 4 aliphatic heterocycles. The number of ketones is 1. The van der Waals surface area contributed by atoms with Crippen LogP contribution >= 0.6 is 0 Å². The first-order valence-corrected chi connectivity index (χ1v) is 15.9. The van der Waals surface area contributed by atoms with E-state index in [9.17, 15) is 20.1 Å². The molecule has 2 aromatic rings. The second-order valence-electron chi connectivity index (χ2n) is 14.9. The maximum absolute atomic E-state index is 14.9. The number of phenols is 2. The van der Waals surface area contributed by atoms with Crippen LogP contribution in [-0.4, -0.2) is 88.0 Å². The second-order valence-corrected chi connectivity index (χ2v) is 14.9. The number of ether oxygens (including phenoxy) is 2. The first-order valence-electron chi connectivity index (χ1n) is 15.9. The fourth-order valence-corrected chi connectivity index (χ4v) is 12.1. The molecule has 2 spiro atoms. The summed E-state index contributed by atoms with van der Waals surface area (Å²) in [6, 6.07) is 8.09. The van der Waals surface area contributed by atoms with E-state index < -0.39 is 34.6 Å². The predicted molar refractivity (Wildman–Crippen MR) is 152 cm³/mol. The molecule has 0 aromatic heterocycles. The van der Waals surface area contributed by atoms with E-state index >= 15 is 0 Å². The number of piperidine rings is 2. The van der Waals surface area contributed by atoms with E-state index in [0.717, 1.165) is 56.3 Å². The molecule has 4 heterocycles. The Bertz CT molecular complexity index is 1610. The minimum absolute atomic E-state index is 0.0420. The van der Waals surface area contributed by atoms with E-state index in [0.29, 0.717) is 36.3 Å². The van der Waals surface area contributed by atoms with Crippen LogP contribution in [0.5, 0.6) is 23.0 Å². The van der Waals surface area contributed by atoms with E-state index in [2.05, 4.69) is 23.9 Å². The predicted octanol–water partition coefficient (Wildman–Crippen LogP) is 2.66. The lowest BCUT2D eigenvalue weighted by Gasteiger charge is -2.64. The number of carbonyl (C=O) groups excluding carboxylic acids is 1. The van der Waals surface area contributed by atoms with Gasteiger partial charge in [0.15, 0.2) is 34.9 Å². The number of likely N-dealkylation sites (tertiary alicyclic amines) is 2. The quantitative estimate of drug-likeness (QED) is 0.481. The van der Waals surface area contributed by atoms with Crippen molar-refractivity contribution in [3.8, 4) is 23.0 Å². The lowest BCUT2D eigenvalue weighted by atomic mass is 9.44. The van der Waals surface area contributed by atoms with Gasteiger partial charge in [-0.1, -0.05) is 12.1 Å². The number of nitrogens with zero attached hydrogens (tertiary/aromatic N) is 2. The van der Waals surface area contributed by atoms with Gasteiger partial charge in [-0.25, -0.2) is 0 Å². The maximum Gasteiger partial charge on any atom is 0.180 e. The van der Waals surface area contributed by atoms with Crippen molar-refractivity contribution < 1.29 is 29.6 Å². The van der Waals surface area contributed by atoms with Crippen molar-refractivity contribution in [3.63, 3.8) is 0 Å². The molecule has 4 aliphatic carbocycles. The van der Waals surface area contributed by atoms with Crippen LogP contribution in [0.15, 0.2) is 24.3 Å². The van der Waals surface area contributed by atoms with E-state index in [-0.39, 0.29) is 29.2 Å².